The van der Waals surface area contributed by atoms with Crippen molar-refractivity contribution in [2.75, 3.05) is 0 Å². The van der Waals surface area contributed by atoms with Crippen molar-refractivity contribution < 1.29 is 14.5 Å². The Bertz CT molecular complexity index is 898. The molecule has 2 aromatic carbocycles. The van der Waals surface area contributed by atoms with Crippen LogP contribution in [0.3, 0.4) is 0 Å². The molecule has 0 spiro atoms. The third kappa shape index (κ3) is 6.05. The number of rotatable bonds is 11. The Morgan fingerprint density at radius 2 is 1.66 bits per heavy atom. The summed E-state index contributed by atoms with van der Waals surface area (Å²) in [6, 6.07) is 17.5. The second-order valence-corrected chi connectivity index (χ2v) is 7.60. The third-order valence-electron chi connectivity index (χ3n) is 5.33. The Morgan fingerprint density at radius 3 is 2.34 bits per heavy atom. The number of imidazole rings is 1. The summed E-state index contributed by atoms with van der Waals surface area (Å²) in [5, 5.41) is 11.0. The predicted octanol–water partition coefficient (Wildman–Crippen LogP) is 3.75. The highest BCUT2D eigenvalue weighted by molar-refractivity contribution is 5.85. The van der Waals surface area contributed by atoms with Crippen molar-refractivity contribution in [2.24, 2.45) is 0 Å². The quantitative estimate of drug-likeness (QED) is 0.370. The molecule has 0 atom stereocenters. The van der Waals surface area contributed by atoms with E-state index in [1.807, 2.05) is 18.2 Å². The van der Waals surface area contributed by atoms with Crippen LogP contribution in [0.4, 0.5) is 0 Å². The lowest BCUT2D eigenvalue weighted by Crippen LogP contribution is -2.38. The number of aromatic carboxylic acids is 1. The lowest BCUT2D eigenvalue weighted by molar-refractivity contribution is -0.695. The molecule has 0 N–H and O–H groups in total. The summed E-state index contributed by atoms with van der Waals surface area (Å²) in [5.74, 6) is 0.181. The van der Waals surface area contributed by atoms with Crippen molar-refractivity contribution >= 4 is 5.97 Å². The standard InChI is InChI=1S/C25H30N2O2/c1-2-3-4-5-9-12-24-26(19-21-10-7-6-8-11-21)17-18-27(24)20-22-13-15-23(16-14-22)25(28)29/h6-8,10-11,13-18H,2-5,9,12,19-20H2,1H3. The maximum absolute atomic E-state index is 11.0. The van der Waals surface area contributed by atoms with Crippen LogP contribution < -0.4 is 9.67 Å². The maximum Gasteiger partial charge on any atom is 0.256 e. The minimum absolute atomic E-state index is 0.219. The normalized spacial score (nSPS) is 10.9. The summed E-state index contributed by atoms with van der Waals surface area (Å²) >= 11 is 0. The Kier molecular flexibility index (Phi) is 7.62. The van der Waals surface area contributed by atoms with Gasteiger partial charge in [0, 0.05) is 6.42 Å². The van der Waals surface area contributed by atoms with E-state index in [2.05, 4.69) is 52.7 Å². The first kappa shape index (κ1) is 20.8. The fourth-order valence-corrected chi connectivity index (χ4v) is 3.68. The van der Waals surface area contributed by atoms with E-state index in [1.165, 1.54) is 43.5 Å². The van der Waals surface area contributed by atoms with Gasteiger partial charge < -0.3 is 9.90 Å². The van der Waals surface area contributed by atoms with Crippen molar-refractivity contribution in [2.45, 2.75) is 58.5 Å². The molecule has 0 radical (unpaired) electrons. The molecule has 3 aromatic rings. The predicted molar refractivity (Wildman–Crippen MR) is 113 cm³/mol. The van der Waals surface area contributed by atoms with E-state index >= 15 is 0 Å². The van der Waals surface area contributed by atoms with Gasteiger partial charge in [0.15, 0.2) is 0 Å². The number of carboxylic acids is 1. The van der Waals surface area contributed by atoms with Crippen LogP contribution in [0.15, 0.2) is 67.0 Å². The van der Waals surface area contributed by atoms with Gasteiger partial charge in [0.1, 0.15) is 25.5 Å². The van der Waals surface area contributed by atoms with E-state index in [9.17, 15) is 9.90 Å². The van der Waals surface area contributed by atoms with Crippen LogP contribution >= 0.6 is 0 Å². The average molecular weight is 391 g/mol. The van der Waals surface area contributed by atoms with E-state index in [4.69, 9.17) is 0 Å². The topological polar surface area (TPSA) is 48.9 Å². The van der Waals surface area contributed by atoms with Gasteiger partial charge in [0.25, 0.3) is 5.82 Å². The molecule has 4 heteroatoms. The minimum atomic E-state index is -1.13. The van der Waals surface area contributed by atoms with Crippen LogP contribution in [0.25, 0.3) is 0 Å². The number of nitrogens with zero attached hydrogens (tertiary/aromatic N) is 2. The van der Waals surface area contributed by atoms with E-state index in [1.54, 1.807) is 12.1 Å². The SMILES string of the molecule is CCCCCCCc1n(Cc2ccc(C(=O)[O-])cc2)cc[n+]1Cc1ccccc1. The fraction of sp³-hybridized carbons (Fsp3) is 0.360. The van der Waals surface area contributed by atoms with Gasteiger partial charge >= 0.3 is 0 Å². The second kappa shape index (κ2) is 10.6. The molecule has 0 bridgehead atoms. The van der Waals surface area contributed by atoms with Crippen LogP contribution in [0.1, 0.15) is 66.3 Å². The number of carbonyl (C=O) groups is 1. The summed E-state index contributed by atoms with van der Waals surface area (Å²) in [4.78, 5) is 11.0. The highest BCUT2D eigenvalue weighted by Gasteiger charge is 2.17. The Balaban J connectivity index is 1.76. The van der Waals surface area contributed by atoms with Gasteiger partial charge in [0.05, 0.1) is 5.97 Å². The highest BCUT2D eigenvalue weighted by atomic mass is 16.4. The highest BCUT2D eigenvalue weighted by Crippen LogP contribution is 2.12. The van der Waals surface area contributed by atoms with Crippen LogP contribution in [0.5, 0.6) is 0 Å². The summed E-state index contributed by atoms with van der Waals surface area (Å²) in [6.07, 6.45) is 11.6. The molecule has 0 aliphatic rings. The van der Waals surface area contributed by atoms with Crippen molar-refractivity contribution in [3.8, 4) is 0 Å². The maximum atomic E-state index is 11.0. The van der Waals surface area contributed by atoms with Gasteiger partial charge in [-0.1, -0.05) is 87.2 Å². The van der Waals surface area contributed by atoms with E-state index in [-0.39, 0.29) is 5.56 Å². The Hall–Kier alpha value is -2.88. The number of benzene rings is 2. The Morgan fingerprint density at radius 1 is 0.931 bits per heavy atom. The van der Waals surface area contributed by atoms with Gasteiger partial charge in [-0.15, -0.1) is 0 Å². The lowest BCUT2D eigenvalue weighted by Gasteiger charge is -2.07. The molecule has 0 saturated carbocycles. The molecule has 29 heavy (non-hydrogen) atoms. The molecule has 1 heterocycles. The number of carboxylic acid groups (broad SMARTS) is 1. The van der Waals surface area contributed by atoms with E-state index in [0.717, 1.165) is 25.1 Å². The molecule has 1 aromatic heterocycles. The number of carbonyl (C=O) groups excluding carboxylic acids is 1. The number of aromatic nitrogens is 2. The van der Waals surface area contributed by atoms with Crippen LogP contribution in [-0.2, 0) is 19.5 Å². The Labute approximate surface area is 173 Å². The first-order valence-corrected chi connectivity index (χ1v) is 10.6. The van der Waals surface area contributed by atoms with Gasteiger partial charge in [0.2, 0.25) is 0 Å². The van der Waals surface area contributed by atoms with Crippen LogP contribution in [-0.4, -0.2) is 10.5 Å². The first-order chi connectivity index (χ1) is 14.2. The first-order valence-electron chi connectivity index (χ1n) is 10.6. The molecule has 0 saturated heterocycles. The van der Waals surface area contributed by atoms with Gasteiger partial charge in [-0.3, -0.25) is 0 Å². The van der Waals surface area contributed by atoms with E-state index < -0.39 is 5.97 Å². The fourth-order valence-electron chi connectivity index (χ4n) is 3.68. The van der Waals surface area contributed by atoms with Gasteiger partial charge in [-0.2, -0.15) is 0 Å². The summed E-state index contributed by atoms with van der Waals surface area (Å²) < 4.78 is 4.63. The molecule has 152 valence electrons. The zero-order valence-corrected chi connectivity index (χ0v) is 17.2. The molecule has 0 unspecified atom stereocenters. The largest absolute Gasteiger partial charge is 0.545 e. The molecule has 0 aliphatic carbocycles. The smallest absolute Gasteiger partial charge is 0.256 e. The van der Waals surface area contributed by atoms with Crippen molar-refractivity contribution in [3.63, 3.8) is 0 Å². The monoisotopic (exact) mass is 390 g/mol. The molecule has 0 fully saturated rings. The summed E-state index contributed by atoms with van der Waals surface area (Å²) in [6.45, 7) is 3.84. The van der Waals surface area contributed by atoms with Crippen molar-refractivity contribution in [3.05, 3.63) is 89.5 Å². The number of hydrogen-bond acceptors (Lipinski definition) is 2. The minimum Gasteiger partial charge on any atom is -0.545 e. The second-order valence-electron chi connectivity index (χ2n) is 7.60. The molecular formula is C25H30N2O2. The van der Waals surface area contributed by atoms with Crippen LogP contribution in [0, 0.1) is 0 Å². The zero-order valence-electron chi connectivity index (χ0n) is 17.2. The summed E-state index contributed by atoms with van der Waals surface area (Å²) in [7, 11) is 0. The molecule has 3 rings (SSSR count). The summed E-state index contributed by atoms with van der Waals surface area (Å²) in [5.41, 5.74) is 2.60. The van der Waals surface area contributed by atoms with Crippen molar-refractivity contribution in [1.29, 1.82) is 0 Å². The number of unbranched alkanes of at least 4 members (excludes halogenated alkanes) is 4. The molecular weight excluding hydrogens is 360 g/mol. The molecule has 4 nitrogen and oxygen atoms in total. The van der Waals surface area contributed by atoms with Crippen molar-refractivity contribution in [1.82, 2.24) is 4.57 Å². The average Bonchev–Trinajstić information content (AvgIpc) is 3.10. The zero-order chi connectivity index (χ0) is 20.5. The lowest BCUT2D eigenvalue weighted by atomic mass is 10.1. The molecule has 0 aliphatic heterocycles. The van der Waals surface area contributed by atoms with Crippen LogP contribution in [0.2, 0.25) is 0 Å². The third-order valence-corrected chi connectivity index (χ3v) is 5.33. The molecule has 0 amide bonds. The number of hydrogen-bond donors (Lipinski definition) is 0. The van der Waals surface area contributed by atoms with Gasteiger partial charge in [-0.25, -0.2) is 9.13 Å². The van der Waals surface area contributed by atoms with E-state index in [0.29, 0.717) is 0 Å². The van der Waals surface area contributed by atoms with Gasteiger partial charge in [-0.05, 0) is 23.1 Å².